The molecule has 2 rings (SSSR count). The van der Waals surface area contributed by atoms with Gasteiger partial charge < -0.3 is 9.84 Å². The molecule has 0 spiro atoms. The molecule has 0 saturated heterocycles. The van der Waals surface area contributed by atoms with Crippen molar-refractivity contribution in [3.8, 4) is 17.4 Å². The van der Waals surface area contributed by atoms with E-state index >= 15 is 0 Å². The molecule has 0 fully saturated rings. The molecule has 1 aromatic heterocycles. The van der Waals surface area contributed by atoms with Crippen LogP contribution in [0.2, 0.25) is 0 Å². The maximum atomic E-state index is 9.16. The van der Waals surface area contributed by atoms with Crippen LogP contribution < -0.4 is 4.74 Å². The van der Waals surface area contributed by atoms with Crippen molar-refractivity contribution in [2.45, 2.75) is 0 Å². The summed E-state index contributed by atoms with van der Waals surface area (Å²) in [5.41, 5.74) is 0. The third-order valence-corrected chi connectivity index (χ3v) is 1.52. The predicted molar refractivity (Wildman–Crippen MR) is 48.0 cm³/mol. The summed E-state index contributed by atoms with van der Waals surface area (Å²) < 4.78 is 5.29. The standard InChI is InChI=1S/C9H7N3O2/c13-7-2-1-3-8(6-7)14-9-4-5-10-12-11-9/h1-6,13H. The largest absolute Gasteiger partial charge is 0.508 e. The van der Waals surface area contributed by atoms with E-state index in [9.17, 15) is 0 Å². The van der Waals surface area contributed by atoms with Crippen LogP contribution in [0.5, 0.6) is 17.4 Å². The fraction of sp³-hybridized carbons (Fsp3) is 0. The number of phenolic OH excluding ortho intramolecular Hbond substituents is 1. The first-order chi connectivity index (χ1) is 6.84. The highest BCUT2D eigenvalue weighted by molar-refractivity contribution is 5.33. The van der Waals surface area contributed by atoms with E-state index in [0.29, 0.717) is 11.6 Å². The molecule has 0 bridgehead atoms. The minimum atomic E-state index is 0.143. The van der Waals surface area contributed by atoms with E-state index in [0.717, 1.165) is 0 Å². The minimum absolute atomic E-state index is 0.143. The van der Waals surface area contributed by atoms with Gasteiger partial charge in [-0.25, -0.2) is 0 Å². The first kappa shape index (κ1) is 8.43. The van der Waals surface area contributed by atoms with Crippen molar-refractivity contribution < 1.29 is 9.84 Å². The van der Waals surface area contributed by atoms with Crippen molar-refractivity contribution in [1.82, 2.24) is 15.4 Å². The highest BCUT2D eigenvalue weighted by Gasteiger charge is 1.98. The molecule has 0 saturated carbocycles. The van der Waals surface area contributed by atoms with Crippen molar-refractivity contribution in [2.24, 2.45) is 0 Å². The number of aromatic hydroxyl groups is 1. The van der Waals surface area contributed by atoms with Gasteiger partial charge in [0.1, 0.15) is 11.5 Å². The van der Waals surface area contributed by atoms with Gasteiger partial charge in [-0.2, -0.15) is 0 Å². The maximum Gasteiger partial charge on any atom is 0.242 e. The fourth-order valence-electron chi connectivity index (χ4n) is 0.952. The highest BCUT2D eigenvalue weighted by Crippen LogP contribution is 2.21. The Kier molecular flexibility index (Phi) is 2.22. The third-order valence-electron chi connectivity index (χ3n) is 1.52. The predicted octanol–water partition coefficient (Wildman–Crippen LogP) is 1.37. The number of benzene rings is 1. The molecular formula is C9H7N3O2. The summed E-state index contributed by atoms with van der Waals surface area (Å²) in [6.45, 7) is 0. The third kappa shape index (κ3) is 1.95. The molecule has 0 atom stereocenters. The molecule has 1 aromatic carbocycles. The van der Waals surface area contributed by atoms with Gasteiger partial charge in [0.15, 0.2) is 0 Å². The summed E-state index contributed by atoms with van der Waals surface area (Å²) >= 11 is 0. The van der Waals surface area contributed by atoms with E-state index in [2.05, 4.69) is 15.4 Å². The molecule has 0 aliphatic carbocycles. The van der Waals surface area contributed by atoms with Crippen molar-refractivity contribution in [3.63, 3.8) is 0 Å². The van der Waals surface area contributed by atoms with Crippen LogP contribution in [0.25, 0.3) is 0 Å². The van der Waals surface area contributed by atoms with Gasteiger partial charge in [0.25, 0.3) is 0 Å². The van der Waals surface area contributed by atoms with Gasteiger partial charge >= 0.3 is 0 Å². The molecule has 1 N–H and O–H groups in total. The Morgan fingerprint density at radius 2 is 2.14 bits per heavy atom. The summed E-state index contributed by atoms with van der Waals surface area (Å²) in [6, 6.07) is 8.02. The minimum Gasteiger partial charge on any atom is -0.508 e. The van der Waals surface area contributed by atoms with E-state index in [-0.39, 0.29) is 5.75 Å². The quantitative estimate of drug-likeness (QED) is 0.772. The molecule has 14 heavy (non-hydrogen) atoms. The first-order valence-corrected chi connectivity index (χ1v) is 3.96. The lowest BCUT2D eigenvalue weighted by Gasteiger charge is -2.02. The van der Waals surface area contributed by atoms with E-state index in [1.807, 2.05) is 0 Å². The monoisotopic (exact) mass is 189 g/mol. The Labute approximate surface area is 80.0 Å². The molecule has 0 amide bonds. The average Bonchev–Trinajstić information content (AvgIpc) is 2.19. The topological polar surface area (TPSA) is 68.1 Å². The Bertz CT molecular complexity index is 419. The molecule has 5 nitrogen and oxygen atoms in total. The average molecular weight is 189 g/mol. The SMILES string of the molecule is Oc1cccc(Oc2ccnnn2)c1. The van der Waals surface area contributed by atoms with Gasteiger partial charge in [-0.15, -0.1) is 5.10 Å². The van der Waals surface area contributed by atoms with Gasteiger partial charge in [-0.05, 0) is 17.3 Å². The molecule has 70 valence electrons. The molecular weight excluding hydrogens is 182 g/mol. The lowest BCUT2D eigenvalue weighted by atomic mass is 10.3. The van der Waals surface area contributed by atoms with Gasteiger partial charge in [-0.1, -0.05) is 11.2 Å². The van der Waals surface area contributed by atoms with Crippen molar-refractivity contribution in [1.29, 1.82) is 0 Å². The fourth-order valence-corrected chi connectivity index (χ4v) is 0.952. The van der Waals surface area contributed by atoms with Crippen LogP contribution in [-0.4, -0.2) is 20.5 Å². The zero-order valence-corrected chi connectivity index (χ0v) is 7.16. The van der Waals surface area contributed by atoms with Crippen molar-refractivity contribution in [2.75, 3.05) is 0 Å². The molecule has 0 unspecified atom stereocenters. The van der Waals surface area contributed by atoms with Crippen LogP contribution in [0.4, 0.5) is 0 Å². The highest BCUT2D eigenvalue weighted by atomic mass is 16.5. The smallest absolute Gasteiger partial charge is 0.242 e. The Morgan fingerprint density at radius 1 is 1.21 bits per heavy atom. The lowest BCUT2D eigenvalue weighted by molar-refractivity contribution is 0.437. The number of hydrogen-bond acceptors (Lipinski definition) is 5. The van der Waals surface area contributed by atoms with Crippen molar-refractivity contribution >= 4 is 0 Å². The molecule has 5 heteroatoms. The molecule has 0 aliphatic rings. The zero-order chi connectivity index (χ0) is 9.80. The second-order valence-electron chi connectivity index (χ2n) is 2.56. The van der Waals surface area contributed by atoms with Gasteiger partial charge in [-0.3, -0.25) is 0 Å². The Morgan fingerprint density at radius 3 is 2.86 bits per heavy atom. The van der Waals surface area contributed by atoms with E-state index < -0.39 is 0 Å². The second kappa shape index (κ2) is 3.69. The number of rotatable bonds is 2. The van der Waals surface area contributed by atoms with Gasteiger partial charge in [0, 0.05) is 12.1 Å². The summed E-state index contributed by atoms with van der Waals surface area (Å²) in [6.07, 6.45) is 1.48. The van der Waals surface area contributed by atoms with Crippen LogP contribution in [0.15, 0.2) is 36.5 Å². The van der Waals surface area contributed by atoms with Crippen LogP contribution >= 0.6 is 0 Å². The number of phenols is 1. The summed E-state index contributed by atoms with van der Waals surface area (Å²) in [7, 11) is 0. The lowest BCUT2D eigenvalue weighted by Crippen LogP contribution is -1.90. The molecule has 2 aromatic rings. The van der Waals surface area contributed by atoms with Crippen LogP contribution in [0, 0.1) is 0 Å². The second-order valence-corrected chi connectivity index (χ2v) is 2.56. The van der Waals surface area contributed by atoms with E-state index in [1.165, 1.54) is 12.3 Å². The van der Waals surface area contributed by atoms with Crippen molar-refractivity contribution in [3.05, 3.63) is 36.5 Å². The maximum absolute atomic E-state index is 9.16. The first-order valence-electron chi connectivity index (χ1n) is 3.96. The Hall–Kier alpha value is -2.17. The zero-order valence-electron chi connectivity index (χ0n) is 7.16. The van der Waals surface area contributed by atoms with E-state index in [4.69, 9.17) is 9.84 Å². The number of aromatic nitrogens is 3. The summed E-state index contributed by atoms with van der Waals surface area (Å²) in [5, 5.41) is 19.7. The van der Waals surface area contributed by atoms with Gasteiger partial charge in [0.05, 0.1) is 6.20 Å². The van der Waals surface area contributed by atoms with E-state index in [1.54, 1.807) is 24.3 Å². The summed E-state index contributed by atoms with van der Waals surface area (Å²) in [5.74, 6) is 0.987. The normalized spacial score (nSPS) is 9.71. The summed E-state index contributed by atoms with van der Waals surface area (Å²) in [4.78, 5) is 0. The molecule has 0 aliphatic heterocycles. The molecule has 0 radical (unpaired) electrons. The molecule has 1 heterocycles. The number of hydrogen-bond donors (Lipinski definition) is 1. The van der Waals surface area contributed by atoms with Gasteiger partial charge in [0.2, 0.25) is 5.88 Å². The van der Waals surface area contributed by atoms with Crippen LogP contribution in [-0.2, 0) is 0 Å². The Balaban J connectivity index is 2.19. The van der Waals surface area contributed by atoms with Crippen LogP contribution in [0.1, 0.15) is 0 Å². The number of nitrogens with zero attached hydrogens (tertiary/aromatic N) is 3. The number of ether oxygens (including phenoxy) is 1. The van der Waals surface area contributed by atoms with Crippen LogP contribution in [0.3, 0.4) is 0 Å².